The quantitative estimate of drug-likeness (QED) is 0.546. The van der Waals surface area contributed by atoms with Crippen LogP contribution < -0.4 is 15.8 Å². The number of nitrogens with one attached hydrogen (secondary N) is 1. The van der Waals surface area contributed by atoms with Gasteiger partial charge in [-0.25, -0.2) is 9.78 Å². The molecule has 1 N–H and O–H groups in total. The second-order valence-electron chi connectivity index (χ2n) is 7.52. The van der Waals surface area contributed by atoms with Crippen LogP contribution in [0.3, 0.4) is 0 Å². The molecule has 6 heteroatoms. The Bertz CT molecular complexity index is 1240. The molecule has 142 valence electrons. The van der Waals surface area contributed by atoms with Crippen molar-refractivity contribution in [3.8, 4) is 11.3 Å². The topological polar surface area (TPSA) is 62.8 Å². The number of fused-ring (bicyclic) bond motifs is 2. The zero-order valence-electron chi connectivity index (χ0n) is 16.0. The predicted molar refractivity (Wildman–Crippen MR) is 111 cm³/mol. The molecule has 1 fully saturated rings. The van der Waals surface area contributed by atoms with Gasteiger partial charge in [-0.15, -0.1) is 0 Å². The lowest BCUT2D eigenvalue weighted by molar-refractivity contribution is 0.484. The van der Waals surface area contributed by atoms with Gasteiger partial charge in [-0.2, -0.15) is 0 Å². The Kier molecular flexibility index (Phi) is 3.94. The average Bonchev–Trinajstić information content (AvgIpc) is 3.12. The molecule has 0 bridgehead atoms. The highest BCUT2D eigenvalue weighted by Crippen LogP contribution is 2.26. The SMILES string of the molecule is Cc1cccn2cc(-c3cc4ccc(N5CCN[C@H](C)C5)cc4oc3=O)nc12. The molecular weight excluding hydrogens is 352 g/mol. The predicted octanol–water partition coefficient (Wildman–Crippen LogP) is 3.21. The molecule has 0 amide bonds. The highest BCUT2D eigenvalue weighted by atomic mass is 16.4. The van der Waals surface area contributed by atoms with Gasteiger partial charge in [0.15, 0.2) is 0 Å². The Morgan fingerprint density at radius 2 is 2.14 bits per heavy atom. The second-order valence-corrected chi connectivity index (χ2v) is 7.52. The monoisotopic (exact) mass is 374 g/mol. The van der Waals surface area contributed by atoms with Gasteiger partial charge in [-0.3, -0.25) is 0 Å². The molecule has 0 saturated carbocycles. The van der Waals surface area contributed by atoms with Crippen LogP contribution in [0.2, 0.25) is 0 Å². The number of hydrogen-bond acceptors (Lipinski definition) is 5. The van der Waals surface area contributed by atoms with Crippen LogP contribution in [0.25, 0.3) is 27.9 Å². The molecule has 1 aromatic carbocycles. The first kappa shape index (κ1) is 17.0. The molecule has 1 saturated heterocycles. The highest BCUT2D eigenvalue weighted by molar-refractivity contribution is 5.84. The van der Waals surface area contributed by atoms with E-state index in [4.69, 9.17) is 4.42 Å². The van der Waals surface area contributed by atoms with Crippen molar-refractivity contribution >= 4 is 22.3 Å². The van der Waals surface area contributed by atoms with Crippen molar-refractivity contribution in [2.45, 2.75) is 19.9 Å². The number of pyridine rings is 1. The van der Waals surface area contributed by atoms with E-state index < -0.39 is 0 Å². The number of benzene rings is 1. The third-order valence-corrected chi connectivity index (χ3v) is 5.41. The van der Waals surface area contributed by atoms with Crippen LogP contribution in [0.1, 0.15) is 12.5 Å². The third-order valence-electron chi connectivity index (χ3n) is 5.41. The summed E-state index contributed by atoms with van der Waals surface area (Å²) < 4.78 is 7.62. The molecule has 28 heavy (non-hydrogen) atoms. The van der Waals surface area contributed by atoms with Crippen molar-refractivity contribution in [1.29, 1.82) is 0 Å². The molecule has 0 aliphatic carbocycles. The van der Waals surface area contributed by atoms with Gasteiger partial charge in [0, 0.05) is 55.2 Å². The Balaban J connectivity index is 1.57. The van der Waals surface area contributed by atoms with Gasteiger partial charge in [0.05, 0.1) is 11.3 Å². The molecule has 3 aromatic heterocycles. The van der Waals surface area contributed by atoms with E-state index in [1.807, 2.05) is 54.0 Å². The lowest BCUT2D eigenvalue weighted by Crippen LogP contribution is -2.49. The van der Waals surface area contributed by atoms with Crippen LogP contribution in [0, 0.1) is 6.92 Å². The number of rotatable bonds is 2. The first-order valence-electron chi connectivity index (χ1n) is 9.59. The first-order chi connectivity index (χ1) is 13.6. The molecule has 1 aliphatic rings. The number of aromatic nitrogens is 2. The summed E-state index contributed by atoms with van der Waals surface area (Å²) in [5, 5.41) is 4.34. The Morgan fingerprint density at radius 3 is 2.96 bits per heavy atom. The summed E-state index contributed by atoms with van der Waals surface area (Å²) in [6.07, 6.45) is 3.80. The summed E-state index contributed by atoms with van der Waals surface area (Å²) >= 11 is 0. The average molecular weight is 374 g/mol. The van der Waals surface area contributed by atoms with Gasteiger partial charge in [0.25, 0.3) is 0 Å². The molecule has 1 atom stereocenters. The van der Waals surface area contributed by atoms with Crippen molar-refractivity contribution in [3.05, 3.63) is 64.8 Å². The molecule has 4 heterocycles. The van der Waals surface area contributed by atoms with Gasteiger partial charge < -0.3 is 19.0 Å². The van der Waals surface area contributed by atoms with Gasteiger partial charge in [0.2, 0.25) is 0 Å². The van der Waals surface area contributed by atoms with Crippen molar-refractivity contribution in [2.75, 3.05) is 24.5 Å². The zero-order valence-corrected chi connectivity index (χ0v) is 16.0. The first-order valence-corrected chi connectivity index (χ1v) is 9.59. The molecule has 0 unspecified atom stereocenters. The standard InChI is InChI=1S/C22H22N4O2/c1-14-4-3-8-26-13-19(24-21(14)26)18-10-16-5-6-17(11-20(16)28-22(18)27)25-9-7-23-15(2)12-25/h3-6,8,10-11,13,15,23H,7,9,12H2,1-2H3/t15-/m1/s1. The zero-order chi connectivity index (χ0) is 19.3. The highest BCUT2D eigenvalue weighted by Gasteiger charge is 2.17. The summed E-state index contributed by atoms with van der Waals surface area (Å²) in [5.74, 6) is 0. The summed E-state index contributed by atoms with van der Waals surface area (Å²) in [6, 6.07) is 12.4. The molecule has 0 radical (unpaired) electrons. The number of anilines is 1. The molecule has 0 spiro atoms. The normalized spacial score (nSPS) is 17.5. The van der Waals surface area contributed by atoms with Crippen LogP contribution >= 0.6 is 0 Å². The van der Waals surface area contributed by atoms with Crippen LogP contribution in [-0.4, -0.2) is 35.1 Å². The summed E-state index contributed by atoms with van der Waals surface area (Å²) in [5.41, 5.74) is 4.36. The molecule has 4 aromatic rings. The van der Waals surface area contributed by atoms with E-state index in [2.05, 4.69) is 28.2 Å². The molecule has 1 aliphatic heterocycles. The van der Waals surface area contributed by atoms with Gasteiger partial charge in [0.1, 0.15) is 11.2 Å². The van der Waals surface area contributed by atoms with E-state index in [1.54, 1.807) is 0 Å². The number of nitrogens with zero attached hydrogens (tertiary/aromatic N) is 3. The minimum absolute atomic E-state index is 0.362. The van der Waals surface area contributed by atoms with E-state index in [0.717, 1.165) is 41.9 Å². The number of piperazine rings is 1. The van der Waals surface area contributed by atoms with Crippen molar-refractivity contribution in [2.24, 2.45) is 0 Å². The van der Waals surface area contributed by atoms with Crippen molar-refractivity contribution in [1.82, 2.24) is 14.7 Å². The maximum atomic E-state index is 12.7. The molecule has 6 nitrogen and oxygen atoms in total. The Morgan fingerprint density at radius 1 is 1.25 bits per heavy atom. The van der Waals surface area contributed by atoms with E-state index in [1.165, 1.54) is 0 Å². The van der Waals surface area contributed by atoms with Crippen LogP contribution in [0.4, 0.5) is 5.69 Å². The maximum Gasteiger partial charge on any atom is 0.345 e. The van der Waals surface area contributed by atoms with Gasteiger partial charge in [-0.05, 0) is 43.7 Å². The fourth-order valence-corrected chi connectivity index (χ4v) is 3.93. The van der Waals surface area contributed by atoms with E-state index >= 15 is 0 Å². The maximum absolute atomic E-state index is 12.7. The van der Waals surface area contributed by atoms with Gasteiger partial charge in [-0.1, -0.05) is 6.07 Å². The van der Waals surface area contributed by atoms with E-state index in [-0.39, 0.29) is 5.63 Å². The second kappa shape index (κ2) is 6.49. The largest absolute Gasteiger partial charge is 0.422 e. The minimum atomic E-state index is -0.362. The lowest BCUT2D eigenvalue weighted by atomic mass is 10.1. The van der Waals surface area contributed by atoms with Crippen molar-refractivity contribution < 1.29 is 4.42 Å². The molecule has 5 rings (SSSR count). The van der Waals surface area contributed by atoms with Crippen LogP contribution in [-0.2, 0) is 0 Å². The van der Waals surface area contributed by atoms with Crippen LogP contribution in [0.15, 0.2) is 58.0 Å². The smallest absolute Gasteiger partial charge is 0.345 e. The Hall–Kier alpha value is -3.12. The van der Waals surface area contributed by atoms with Crippen LogP contribution in [0.5, 0.6) is 0 Å². The van der Waals surface area contributed by atoms with E-state index in [9.17, 15) is 4.79 Å². The number of aryl methyl sites for hydroxylation is 1. The lowest BCUT2D eigenvalue weighted by Gasteiger charge is -2.33. The van der Waals surface area contributed by atoms with Crippen molar-refractivity contribution in [3.63, 3.8) is 0 Å². The number of imidazole rings is 1. The molecular formula is C22H22N4O2. The third kappa shape index (κ3) is 2.86. The summed E-state index contributed by atoms with van der Waals surface area (Å²) in [4.78, 5) is 19.7. The fraction of sp³-hybridized carbons (Fsp3) is 0.273. The van der Waals surface area contributed by atoms with Gasteiger partial charge >= 0.3 is 5.63 Å². The van der Waals surface area contributed by atoms with E-state index in [0.29, 0.717) is 22.9 Å². The summed E-state index contributed by atoms with van der Waals surface area (Å²) in [6.45, 7) is 7.02. The number of hydrogen-bond donors (Lipinski definition) is 1. The Labute approximate surface area is 162 Å². The summed E-state index contributed by atoms with van der Waals surface area (Å²) in [7, 11) is 0. The minimum Gasteiger partial charge on any atom is -0.422 e. The fourth-order valence-electron chi connectivity index (χ4n) is 3.93.